The molecule has 0 atom stereocenters. The zero-order valence-electron chi connectivity index (χ0n) is 11.2. The average molecular weight is 272 g/mol. The maximum atomic E-state index is 11.9. The fourth-order valence-corrected chi connectivity index (χ4v) is 2.44. The molecule has 1 aliphatic carbocycles. The Morgan fingerprint density at radius 1 is 1.44 bits per heavy atom. The maximum absolute atomic E-state index is 11.9. The number of hydrogen-bond donors (Lipinski definition) is 1. The number of imidazole rings is 1. The van der Waals surface area contributed by atoms with Gasteiger partial charge in [-0.05, 0) is 12.8 Å². The van der Waals surface area contributed by atoms with Crippen LogP contribution < -0.4 is 22.3 Å². The molecule has 18 heavy (non-hydrogen) atoms. The number of carbonyl (C=O) groups is 1. The monoisotopic (exact) mass is 271 g/mol. The molecule has 0 saturated heterocycles. The van der Waals surface area contributed by atoms with E-state index in [1.54, 1.807) is 0 Å². The summed E-state index contributed by atoms with van der Waals surface area (Å²) in [5, 5.41) is 3.13. The first kappa shape index (κ1) is 15.0. The van der Waals surface area contributed by atoms with E-state index >= 15 is 0 Å². The minimum atomic E-state index is 0. The number of aromatic nitrogens is 2. The smallest absolute Gasteiger partial charge is 0.262 e. The number of carbonyl (C=O) groups excluding carboxylic acids is 1. The summed E-state index contributed by atoms with van der Waals surface area (Å²) in [6, 6.07) is 0.404. The molecule has 1 aliphatic rings. The summed E-state index contributed by atoms with van der Waals surface area (Å²) in [5.74, 6) is 1.24. The van der Waals surface area contributed by atoms with Gasteiger partial charge in [0.15, 0.2) is 6.54 Å². The van der Waals surface area contributed by atoms with Crippen molar-refractivity contribution in [3.63, 3.8) is 0 Å². The van der Waals surface area contributed by atoms with Gasteiger partial charge in [0, 0.05) is 13.0 Å². The molecular formula is C13H22ClN3O. The summed E-state index contributed by atoms with van der Waals surface area (Å²) in [5.41, 5.74) is 0. The summed E-state index contributed by atoms with van der Waals surface area (Å²) in [6.07, 6.45) is 10.0. The van der Waals surface area contributed by atoms with Gasteiger partial charge < -0.3 is 17.7 Å². The predicted molar refractivity (Wildman–Crippen MR) is 65.4 cm³/mol. The number of hydrogen-bond acceptors (Lipinski definition) is 1. The Balaban J connectivity index is 0.00000162. The van der Waals surface area contributed by atoms with E-state index in [-0.39, 0.29) is 18.3 Å². The molecule has 0 radical (unpaired) electrons. The second-order valence-corrected chi connectivity index (χ2v) is 4.99. The lowest BCUT2D eigenvalue weighted by atomic mass is 9.95. The van der Waals surface area contributed by atoms with E-state index in [9.17, 15) is 4.79 Å². The van der Waals surface area contributed by atoms with Gasteiger partial charge in [0.2, 0.25) is 0 Å². The summed E-state index contributed by atoms with van der Waals surface area (Å²) < 4.78 is 4.01. The van der Waals surface area contributed by atoms with Gasteiger partial charge in [-0.2, -0.15) is 0 Å². The van der Waals surface area contributed by atoms with E-state index in [1.165, 1.54) is 19.3 Å². The maximum Gasteiger partial charge on any atom is 0.262 e. The lowest BCUT2D eigenvalue weighted by Gasteiger charge is -2.22. The predicted octanol–water partition coefficient (Wildman–Crippen LogP) is -1.93. The Morgan fingerprint density at radius 3 is 2.67 bits per heavy atom. The van der Waals surface area contributed by atoms with Crippen LogP contribution in [0.5, 0.6) is 0 Å². The standard InChI is InChI=1S/C13H21N3O.ClH/c1-11-15(2)8-9-16(11)10-13(17)14-12-6-4-3-5-7-12;/h8-9,12H,3-7,10H2,1-2H3;1H. The van der Waals surface area contributed by atoms with Crippen LogP contribution in [0.1, 0.15) is 37.9 Å². The molecule has 0 aromatic carbocycles. The van der Waals surface area contributed by atoms with E-state index in [0.717, 1.165) is 18.7 Å². The van der Waals surface area contributed by atoms with Gasteiger partial charge >= 0.3 is 0 Å². The van der Waals surface area contributed by atoms with Crippen LogP contribution in [-0.4, -0.2) is 16.5 Å². The van der Waals surface area contributed by atoms with Crippen molar-refractivity contribution in [2.75, 3.05) is 0 Å². The molecule has 1 aromatic rings. The number of halogens is 1. The van der Waals surface area contributed by atoms with E-state index in [4.69, 9.17) is 0 Å². The second kappa shape index (κ2) is 6.78. The van der Waals surface area contributed by atoms with E-state index in [2.05, 4.69) is 5.32 Å². The second-order valence-electron chi connectivity index (χ2n) is 4.99. The Bertz CT molecular complexity index is 397. The molecule has 0 bridgehead atoms. The van der Waals surface area contributed by atoms with Crippen molar-refractivity contribution in [3.8, 4) is 0 Å². The SMILES string of the molecule is Cc1n(CC(=O)NC2CCCCC2)cc[n+]1C.[Cl-]. The van der Waals surface area contributed by atoms with Crippen molar-refractivity contribution in [3.05, 3.63) is 18.2 Å². The van der Waals surface area contributed by atoms with E-state index in [0.29, 0.717) is 12.6 Å². The van der Waals surface area contributed by atoms with Crippen LogP contribution >= 0.6 is 0 Å². The van der Waals surface area contributed by atoms with Crippen LogP contribution in [0.2, 0.25) is 0 Å². The van der Waals surface area contributed by atoms with Crippen molar-refractivity contribution in [2.45, 2.75) is 51.6 Å². The van der Waals surface area contributed by atoms with Gasteiger partial charge in [0.1, 0.15) is 12.4 Å². The van der Waals surface area contributed by atoms with Gasteiger partial charge in [-0.25, -0.2) is 9.13 Å². The highest BCUT2D eigenvalue weighted by molar-refractivity contribution is 5.76. The van der Waals surface area contributed by atoms with Crippen LogP contribution in [0.25, 0.3) is 0 Å². The van der Waals surface area contributed by atoms with Crippen LogP contribution in [0.3, 0.4) is 0 Å². The topological polar surface area (TPSA) is 37.9 Å². The third kappa shape index (κ3) is 3.73. The fourth-order valence-electron chi connectivity index (χ4n) is 2.44. The molecule has 1 aromatic heterocycles. The largest absolute Gasteiger partial charge is 1.00 e. The molecule has 0 aliphatic heterocycles. The molecular weight excluding hydrogens is 250 g/mol. The molecule has 102 valence electrons. The number of aryl methyl sites for hydroxylation is 1. The normalized spacial score (nSPS) is 16.1. The quantitative estimate of drug-likeness (QED) is 0.639. The molecule has 5 heteroatoms. The summed E-state index contributed by atoms with van der Waals surface area (Å²) in [6.45, 7) is 2.46. The third-order valence-electron chi connectivity index (χ3n) is 3.68. The number of amides is 1. The third-order valence-corrected chi connectivity index (χ3v) is 3.68. The molecule has 0 unspecified atom stereocenters. The first-order valence-electron chi connectivity index (χ1n) is 6.47. The molecule has 1 N–H and O–H groups in total. The molecule has 1 heterocycles. The van der Waals surface area contributed by atoms with Gasteiger partial charge in [-0.3, -0.25) is 4.79 Å². The molecule has 1 amide bonds. The van der Waals surface area contributed by atoms with Crippen molar-refractivity contribution in [2.24, 2.45) is 7.05 Å². The van der Waals surface area contributed by atoms with Crippen LogP contribution in [0.4, 0.5) is 0 Å². The Kier molecular flexibility index (Phi) is 5.66. The first-order valence-corrected chi connectivity index (χ1v) is 6.47. The number of nitrogens with zero attached hydrogens (tertiary/aromatic N) is 2. The molecule has 0 spiro atoms. The highest BCUT2D eigenvalue weighted by Crippen LogP contribution is 2.17. The van der Waals surface area contributed by atoms with E-state index in [1.807, 2.05) is 35.5 Å². The first-order chi connectivity index (χ1) is 8.16. The Hall–Kier alpha value is -1.03. The minimum Gasteiger partial charge on any atom is -1.00 e. The summed E-state index contributed by atoms with van der Waals surface area (Å²) in [4.78, 5) is 11.9. The van der Waals surface area contributed by atoms with Crippen LogP contribution in [0.15, 0.2) is 12.4 Å². The molecule has 4 nitrogen and oxygen atoms in total. The average Bonchev–Trinajstić information content (AvgIpc) is 2.62. The lowest BCUT2D eigenvalue weighted by molar-refractivity contribution is -0.677. The van der Waals surface area contributed by atoms with Gasteiger partial charge in [0.05, 0.1) is 7.05 Å². The molecule has 1 saturated carbocycles. The van der Waals surface area contributed by atoms with Gasteiger partial charge in [-0.1, -0.05) is 19.3 Å². The minimum absolute atomic E-state index is 0. The summed E-state index contributed by atoms with van der Waals surface area (Å²) >= 11 is 0. The van der Waals surface area contributed by atoms with Crippen molar-refractivity contribution >= 4 is 5.91 Å². The van der Waals surface area contributed by atoms with Gasteiger partial charge in [-0.15, -0.1) is 0 Å². The summed E-state index contributed by atoms with van der Waals surface area (Å²) in [7, 11) is 1.99. The van der Waals surface area contributed by atoms with Crippen LogP contribution in [-0.2, 0) is 18.4 Å². The molecule has 2 rings (SSSR count). The Morgan fingerprint density at radius 2 is 2.11 bits per heavy atom. The van der Waals surface area contributed by atoms with Crippen LogP contribution in [0, 0.1) is 6.92 Å². The fraction of sp³-hybridized carbons (Fsp3) is 0.692. The Labute approximate surface area is 115 Å². The highest BCUT2D eigenvalue weighted by Gasteiger charge is 2.18. The molecule has 1 fully saturated rings. The van der Waals surface area contributed by atoms with Crippen molar-refractivity contribution in [1.29, 1.82) is 0 Å². The number of nitrogens with one attached hydrogen (secondary N) is 1. The van der Waals surface area contributed by atoms with E-state index < -0.39 is 0 Å². The van der Waals surface area contributed by atoms with Gasteiger partial charge in [0.25, 0.3) is 11.7 Å². The number of rotatable bonds is 3. The lowest BCUT2D eigenvalue weighted by Crippen LogP contribution is -3.00. The zero-order chi connectivity index (χ0) is 12.3. The highest BCUT2D eigenvalue weighted by atomic mass is 35.5. The zero-order valence-corrected chi connectivity index (χ0v) is 11.9. The van der Waals surface area contributed by atoms with Crippen molar-refractivity contribution < 1.29 is 21.8 Å². The van der Waals surface area contributed by atoms with Crippen molar-refractivity contribution in [1.82, 2.24) is 9.88 Å².